The summed E-state index contributed by atoms with van der Waals surface area (Å²) in [5.41, 5.74) is -4.57. The molecule has 0 unspecified atom stereocenters. The van der Waals surface area contributed by atoms with Gasteiger partial charge in [-0.1, -0.05) is 12.1 Å². The van der Waals surface area contributed by atoms with Crippen LogP contribution in [0, 0.1) is 0 Å². The molecule has 1 aromatic carbocycles. The zero-order chi connectivity index (χ0) is 14.3. The molecule has 2 rings (SSSR count). The topological polar surface area (TPSA) is 54.5 Å². The molecule has 0 saturated carbocycles. The Balaban J connectivity index is 2.18. The van der Waals surface area contributed by atoms with E-state index in [1.54, 1.807) is 0 Å². The first-order chi connectivity index (χ1) is 8.75. The Hall–Kier alpha value is -1.57. The van der Waals surface area contributed by atoms with E-state index in [0.29, 0.717) is 19.5 Å². The minimum absolute atomic E-state index is 0.0489. The summed E-state index contributed by atoms with van der Waals surface area (Å²) < 4.78 is 59.2. The Bertz CT molecular complexity index is 574. The van der Waals surface area contributed by atoms with Crippen molar-refractivity contribution < 1.29 is 26.4 Å². The van der Waals surface area contributed by atoms with Crippen molar-refractivity contribution in [3.8, 4) is 0 Å². The molecule has 0 bridgehead atoms. The quantitative estimate of drug-likeness (QED) is 0.794. The molecule has 1 aliphatic heterocycles. The van der Waals surface area contributed by atoms with Crippen molar-refractivity contribution in [3.05, 3.63) is 29.8 Å². The van der Waals surface area contributed by atoms with Crippen molar-refractivity contribution in [2.75, 3.05) is 13.1 Å². The number of nitrogens with zero attached hydrogens (tertiary/aromatic N) is 1. The van der Waals surface area contributed by atoms with Gasteiger partial charge in [-0.05, 0) is 17.7 Å². The van der Waals surface area contributed by atoms with Crippen molar-refractivity contribution in [2.24, 2.45) is 0 Å². The van der Waals surface area contributed by atoms with Crippen LogP contribution in [0.1, 0.15) is 11.5 Å². The van der Waals surface area contributed by atoms with Gasteiger partial charge in [0.2, 0.25) is 6.41 Å². The summed E-state index contributed by atoms with van der Waals surface area (Å²) in [6, 6.07) is 4.60. The van der Waals surface area contributed by atoms with Crippen molar-refractivity contribution in [1.29, 1.82) is 0 Å². The molecule has 8 heteroatoms. The van der Waals surface area contributed by atoms with E-state index in [0.717, 1.165) is 17.7 Å². The van der Waals surface area contributed by atoms with E-state index in [-0.39, 0.29) is 5.92 Å². The molecule has 1 amide bonds. The third kappa shape index (κ3) is 2.44. The van der Waals surface area contributed by atoms with Gasteiger partial charge in [-0.15, -0.1) is 0 Å². The molecular weight excluding hydrogens is 283 g/mol. The number of likely N-dealkylation sites (tertiary alicyclic amines) is 1. The number of hydrogen-bond donors (Lipinski definition) is 0. The smallest absolute Gasteiger partial charge is 0.344 e. The van der Waals surface area contributed by atoms with Crippen molar-refractivity contribution in [3.63, 3.8) is 0 Å². The summed E-state index contributed by atoms with van der Waals surface area (Å²) in [7, 11) is -5.29. The third-order valence-electron chi connectivity index (χ3n) is 3.03. The van der Waals surface area contributed by atoms with E-state index in [4.69, 9.17) is 0 Å². The standard InChI is InChI=1S/C11H10F3NO3S/c12-11(13,14)19(17,18)10-3-1-8(2-4-10)9-5-15(6-9)7-16/h1-4,7,9H,5-6H2. The average Bonchev–Trinajstić information content (AvgIpc) is 2.27. The lowest BCUT2D eigenvalue weighted by Crippen LogP contribution is -2.43. The van der Waals surface area contributed by atoms with Crippen LogP contribution in [0.15, 0.2) is 29.2 Å². The Morgan fingerprint density at radius 3 is 2.11 bits per heavy atom. The lowest BCUT2D eigenvalue weighted by Gasteiger charge is -2.36. The zero-order valence-corrected chi connectivity index (χ0v) is 10.4. The molecule has 0 aliphatic carbocycles. The summed E-state index contributed by atoms with van der Waals surface area (Å²) in [4.78, 5) is 11.1. The van der Waals surface area contributed by atoms with E-state index in [2.05, 4.69) is 0 Å². The van der Waals surface area contributed by atoms with Crippen LogP contribution in [0.5, 0.6) is 0 Å². The first kappa shape index (κ1) is 13.9. The number of benzene rings is 1. The molecule has 0 radical (unpaired) electrons. The van der Waals surface area contributed by atoms with Crippen molar-refractivity contribution >= 4 is 16.2 Å². The maximum absolute atomic E-state index is 12.3. The van der Waals surface area contributed by atoms with Crippen LogP contribution in [0.25, 0.3) is 0 Å². The van der Waals surface area contributed by atoms with Gasteiger partial charge < -0.3 is 4.90 Å². The normalized spacial score (nSPS) is 17.1. The fourth-order valence-electron chi connectivity index (χ4n) is 1.86. The number of hydrogen-bond acceptors (Lipinski definition) is 3. The van der Waals surface area contributed by atoms with Crippen LogP contribution in [-0.4, -0.2) is 38.3 Å². The molecule has 1 saturated heterocycles. The van der Waals surface area contributed by atoms with Gasteiger partial charge >= 0.3 is 5.51 Å². The molecule has 0 N–H and O–H groups in total. The lowest BCUT2D eigenvalue weighted by atomic mass is 9.92. The molecular formula is C11H10F3NO3S. The minimum atomic E-state index is -5.29. The Morgan fingerprint density at radius 2 is 1.68 bits per heavy atom. The van der Waals surface area contributed by atoms with Gasteiger partial charge in [0.15, 0.2) is 0 Å². The zero-order valence-electron chi connectivity index (χ0n) is 9.59. The first-order valence-electron chi connectivity index (χ1n) is 5.36. The van der Waals surface area contributed by atoms with E-state index < -0.39 is 20.2 Å². The van der Waals surface area contributed by atoms with E-state index >= 15 is 0 Å². The third-order valence-corrected chi connectivity index (χ3v) is 4.53. The van der Waals surface area contributed by atoms with Gasteiger partial charge in [0.25, 0.3) is 9.84 Å². The fraction of sp³-hybridized carbons (Fsp3) is 0.364. The molecule has 1 heterocycles. The number of halogens is 3. The maximum Gasteiger partial charge on any atom is 0.501 e. The molecule has 1 aromatic rings. The summed E-state index contributed by atoms with van der Waals surface area (Å²) in [6.45, 7) is 0.990. The van der Waals surface area contributed by atoms with E-state index in [1.807, 2.05) is 0 Å². The van der Waals surface area contributed by atoms with Crippen LogP contribution in [0.3, 0.4) is 0 Å². The fourth-order valence-corrected chi connectivity index (χ4v) is 2.62. The van der Waals surface area contributed by atoms with Crippen LogP contribution < -0.4 is 0 Å². The van der Waals surface area contributed by atoms with Crippen LogP contribution in [0.2, 0.25) is 0 Å². The van der Waals surface area contributed by atoms with Gasteiger partial charge in [-0.2, -0.15) is 13.2 Å². The molecule has 0 aromatic heterocycles. The Kier molecular flexibility index (Phi) is 3.29. The van der Waals surface area contributed by atoms with Gasteiger partial charge in [-0.3, -0.25) is 4.79 Å². The Labute approximate surface area is 107 Å². The van der Waals surface area contributed by atoms with Crippen molar-refractivity contribution in [2.45, 2.75) is 16.3 Å². The number of rotatable bonds is 3. The van der Waals surface area contributed by atoms with Crippen LogP contribution in [0.4, 0.5) is 13.2 Å². The second kappa shape index (κ2) is 4.52. The van der Waals surface area contributed by atoms with Crippen LogP contribution in [-0.2, 0) is 14.6 Å². The summed E-state index contributed by atoms with van der Waals surface area (Å²) in [5, 5.41) is 0. The SMILES string of the molecule is O=CN1CC(c2ccc(S(=O)(=O)C(F)(F)F)cc2)C1. The van der Waals surface area contributed by atoms with E-state index in [9.17, 15) is 26.4 Å². The number of alkyl halides is 3. The molecule has 1 aliphatic rings. The first-order valence-corrected chi connectivity index (χ1v) is 6.84. The molecule has 1 fully saturated rings. The summed E-state index contributed by atoms with van der Waals surface area (Å²) in [5.74, 6) is 0.0489. The molecule has 0 spiro atoms. The lowest BCUT2D eigenvalue weighted by molar-refractivity contribution is -0.122. The predicted octanol–water partition coefficient (Wildman–Crippen LogP) is 1.54. The highest BCUT2D eigenvalue weighted by Crippen LogP contribution is 2.32. The van der Waals surface area contributed by atoms with Crippen molar-refractivity contribution in [1.82, 2.24) is 4.90 Å². The van der Waals surface area contributed by atoms with Gasteiger partial charge in [0, 0.05) is 19.0 Å². The molecule has 104 valence electrons. The van der Waals surface area contributed by atoms with Crippen LogP contribution >= 0.6 is 0 Å². The number of carbonyl (C=O) groups is 1. The highest BCUT2D eigenvalue weighted by molar-refractivity contribution is 7.92. The minimum Gasteiger partial charge on any atom is -0.344 e. The van der Waals surface area contributed by atoms with E-state index in [1.165, 1.54) is 17.0 Å². The maximum atomic E-state index is 12.3. The van der Waals surface area contributed by atoms with Gasteiger partial charge in [0.05, 0.1) is 4.90 Å². The monoisotopic (exact) mass is 293 g/mol. The summed E-state index contributed by atoms with van der Waals surface area (Å²) in [6.07, 6.45) is 0.693. The molecule has 19 heavy (non-hydrogen) atoms. The highest BCUT2D eigenvalue weighted by atomic mass is 32.2. The molecule has 4 nitrogen and oxygen atoms in total. The number of amides is 1. The number of sulfone groups is 1. The summed E-state index contributed by atoms with van der Waals surface area (Å²) >= 11 is 0. The van der Waals surface area contributed by atoms with Gasteiger partial charge in [-0.25, -0.2) is 8.42 Å². The second-order valence-corrected chi connectivity index (χ2v) is 6.22. The van der Waals surface area contributed by atoms with Gasteiger partial charge in [0.1, 0.15) is 0 Å². The molecule has 0 atom stereocenters. The second-order valence-electron chi connectivity index (χ2n) is 4.27. The Morgan fingerprint density at radius 1 is 1.16 bits per heavy atom. The number of carbonyl (C=O) groups excluding carboxylic acids is 1. The predicted molar refractivity (Wildman–Crippen MR) is 60.1 cm³/mol. The highest BCUT2D eigenvalue weighted by Gasteiger charge is 2.46. The largest absolute Gasteiger partial charge is 0.501 e. The average molecular weight is 293 g/mol.